The first-order chi connectivity index (χ1) is 14.5. The van der Waals surface area contributed by atoms with Gasteiger partial charge >= 0.3 is 0 Å². The fourth-order valence-corrected chi connectivity index (χ4v) is 5.90. The number of aromatic nitrogens is 2. The summed E-state index contributed by atoms with van der Waals surface area (Å²) in [5, 5.41) is 1.21. The van der Waals surface area contributed by atoms with E-state index in [1.807, 2.05) is 19.1 Å². The molecule has 4 rings (SSSR count). The standard InChI is InChI=1S/C24H31N3O2S/c1-16-12-20(18(3)27(16)17(2)15-29-4)22(28)14-26-11-7-8-19(13-26)24-25-21-9-5-6-10-23(21)30-24/h5-6,9-10,12,17,19H,7-8,11,13-15H2,1-4H3/t17-,19-/m0/s1. The van der Waals surface area contributed by atoms with Crippen LogP contribution in [0.3, 0.4) is 0 Å². The maximum Gasteiger partial charge on any atom is 0.178 e. The lowest BCUT2D eigenvalue weighted by Crippen LogP contribution is -2.38. The number of aryl methyl sites for hydroxylation is 1. The number of hydrogen-bond donors (Lipinski definition) is 0. The summed E-state index contributed by atoms with van der Waals surface area (Å²) in [6.07, 6.45) is 2.26. The van der Waals surface area contributed by atoms with E-state index in [9.17, 15) is 4.79 Å². The molecule has 0 bridgehead atoms. The Balaban J connectivity index is 1.46. The lowest BCUT2D eigenvalue weighted by molar-refractivity contribution is 0.0905. The SMILES string of the molecule is COC[C@H](C)n1c(C)cc(C(=O)CN2CCC[C@H](c3nc4ccccc4s3)C2)c1C. The van der Waals surface area contributed by atoms with Crippen LogP contribution in [0.2, 0.25) is 0 Å². The van der Waals surface area contributed by atoms with E-state index in [1.54, 1.807) is 18.4 Å². The summed E-state index contributed by atoms with van der Waals surface area (Å²) in [5.74, 6) is 0.627. The van der Waals surface area contributed by atoms with Crippen LogP contribution in [0.1, 0.15) is 58.5 Å². The van der Waals surface area contributed by atoms with Gasteiger partial charge in [0, 0.05) is 36.5 Å². The summed E-state index contributed by atoms with van der Waals surface area (Å²) < 4.78 is 8.78. The molecule has 1 aromatic carbocycles. The van der Waals surface area contributed by atoms with Crippen molar-refractivity contribution < 1.29 is 9.53 Å². The Kier molecular flexibility index (Phi) is 6.37. The highest BCUT2D eigenvalue weighted by Gasteiger charge is 2.27. The van der Waals surface area contributed by atoms with Gasteiger partial charge in [-0.25, -0.2) is 4.98 Å². The van der Waals surface area contributed by atoms with Gasteiger partial charge < -0.3 is 9.30 Å². The average molecular weight is 426 g/mol. The summed E-state index contributed by atoms with van der Waals surface area (Å²) in [7, 11) is 1.72. The molecular formula is C24H31N3O2S. The molecule has 0 aliphatic carbocycles. The minimum atomic E-state index is 0.212. The molecule has 3 heterocycles. The van der Waals surface area contributed by atoms with Gasteiger partial charge in [-0.15, -0.1) is 11.3 Å². The maximum absolute atomic E-state index is 13.2. The first-order valence-electron chi connectivity index (χ1n) is 10.8. The third-order valence-electron chi connectivity index (χ3n) is 6.17. The highest BCUT2D eigenvalue weighted by atomic mass is 32.1. The number of rotatable bonds is 7. The van der Waals surface area contributed by atoms with Crippen LogP contribution < -0.4 is 0 Å². The topological polar surface area (TPSA) is 47.4 Å². The number of para-hydroxylation sites is 1. The molecule has 1 aliphatic rings. The molecule has 6 heteroatoms. The number of likely N-dealkylation sites (tertiary alicyclic amines) is 1. The van der Waals surface area contributed by atoms with Crippen LogP contribution >= 0.6 is 11.3 Å². The quantitative estimate of drug-likeness (QED) is 0.501. The van der Waals surface area contributed by atoms with E-state index in [2.05, 4.69) is 41.5 Å². The van der Waals surface area contributed by atoms with Crippen LogP contribution in [0, 0.1) is 13.8 Å². The molecule has 0 saturated carbocycles. The van der Waals surface area contributed by atoms with E-state index < -0.39 is 0 Å². The van der Waals surface area contributed by atoms with Gasteiger partial charge in [-0.05, 0) is 58.4 Å². The molecular weight excluding hydrogens is 394 g/mol. The van der Waals surface area contributed by atoms with Crippen LogP contribution in [0.5, 0.6) is 0 Å². The zero-order chi connectivity index (χ0) is 21.3. The second-order valence-electron chi connectivity index (χ2n) is 8.48. The van der Waals surface area contributed by atoms with E-state index in [0.717, 1.165) is 48.4 Å². The number of methoxy groups -OCH3 is 1. The molecule has 1 saturated heterocycles. The summed E-state index contributed by atoms with van der Waals surface area (Å²) in [6, 6.07) is 10.6. The van der Waals surface area contributed by atoms with Crippen molar-refractivity contribution in [3.63, 3.8) is 0 Å². The number of nitrogens with zero attached hydrogens (tertiary/aromatic N) is 3. The normalized spacial score (nSPS) is 18.7. The summed E-state index contributed by atoms with van der Waals surface area (Å²) in [4.78, 5) is 20.3. The van der Waals surface area contributed by atoms with Crippen molar-refractivity contribution >= 4 is 27.3 Å². The predicted octanol–water partition coefficient (Wildman–Crippen LogP) is 4.98. The molecule has 2 atom stereocenters. The zero-order valence-corrected chi connectivity index (χ0v) is 19.2. The molecule has 1 fully saturated rings. The number of fused-ring (bicyclic) bond motifs is 1. The highest BCUT2D eigenvalue weighted by molar-refractivity contribution is 7.18. The van der Waals surface area contributed by atoms with Crippen LogP contribution in [0.25, 0.3) is 10.2 Å². The second kappa shape index (κ2) is 9.00. The smallest absolute Gasteiger partial charge is 0.178 e. The van der Waals surface area contributed by atoms with Crippen LogP contribution in [0.15, 0.2) is 30.3 Å². The molecule has 1 aliphatic heterocycles. The molecule has 0 spiro atoms. The molecule has 30 heavy (non-hydrogen) atoms. The molecule has 0 N–H and O–H groups in total. The third kappa shape index (κ3) is 4.22. The van der Waals surface area contributed by atoms with Crippen molar-refractivity contribution in [2.24, 2.45) is 0 Å². The van der Waals surface area contributed by atoms with Gasteiger partial charge in [-0.3, -0.25) is 9.69 Å². The predicted molar refractivity (Wildman–Crippen MR) is 123 cm³/mol. The molecule has 3 aromatic rings. The van der Waals surface area contributed by atoms with Crippen LogP contribution in [0.4, 0.5) is 0 Å². The van der Waals surface area contributed by atoms with E-state index in [-0.39, 0.29) is 11.8 Å². The van der Waals surface area contributed by atoms with Gasteiger partial charge in [0.05, 0.1) is 34.4 Å². The monoisotopic (exact) mass is 425 g/mol. The first kappa shape index (κ1) is 21.2. The largest absolute Gasteiger partial charge is 0.383 e. The number of ether oxygens (including phenoxy) is 1. The minimum Gasteiger partial charge on any atom is -0.383 e. The first-order valence-corrected chi connectivity index (χ1v) is 11.6. The van der Waals surface area contributed by atoms with E-state index in [0.29, 0.717) is 19.1 Å². The van der Waals surface area contributed by atoms with Gasteiger partial charge in [0.15, 0.2) is 5.78 Å². The van der Waals surface area contributed by atoms with E-state index in [1.165, 1.54) is 9.71 Å². The van der Waals surface area contributed by atoms with Crippen molar-refractivity contribution in [1.82, 2.24) is 14.5 Å². The molecule has 0 amide bonds. The van der Waals surface area contributed by atoms with Crippen LogP contribution in [-0.2, 0) is 4.74 Å². The Morgan fingerprint density at radius 1 is 1.33 bits per heavy atom. The maximum atomic E-state index is 13.2. The van der Waals surface area contributed by atoms with Crippen molar-refractivity contribution in [3.05, 3.63) is 52.3 Å². The summed E-state index contributed by atoms with van der Waals surface area (Å²) >= 11 is 1.80. The summed E-state index contributed by atoms with van der Waals surface area (Å²) in [6.45, 7) is 9.25. The molecule has 160 valence electrons. The van der Waals surface area contributed by atoms with Gasteiger partial charge in [0.25, 0.3) is 0 Å². The number of carbonyl (C=O) groups excluding carboxylic acids is 1. The lowest BCUT2D eigenvalue weighted by Gasteiger charge is -2.31. The van der Waals surface area contributed by atoms with Crippen molar-refractivity contribution in [3.8, 4) is 0 Å². The Labute approximate surface area is 182 Å². The highest BCUT2D eigenvalue weighted by Crippen LogP contribution is 2.33. The fourth-order valence-electron chi connectivity index (χ4n) is 4.81. The third-order valence-corrected chi connectivity index (χ3v) is 7.36. The molecule has 0 unspecified atom stereocenters. The van der Waals surface area contributed by atoms with Crippen LogP contribution in [-0.4, -0.2) is 53.6 Å². The van der Waals surface area contributed by atoms with Gasteiger partial charge in [-0.2, -0.15) is 0 Å². The van der Waals surface area contributed by atoms with E-state index >= 15 is 0 Å². The average Bonchev–Trinajstić information content (AvgIpc) is 3.29. The number of thiazole rings is 1. The number of carbonyl (C=O) groups is 1. The van der Waals surface area contributed by atoms with E-state index in [4.69, 9.17) is 9.72 Å². The molecule has 2 aromatic heterocycles. The lowest BCUT2D eigenvalue weighted by atomic mass is 9.98. The Bertz CT molecular complexity index is 1010. The summed E-state index contributed by atoms with van der Waals surface area (Å²) in [5.41, 5.74) is 4.09. The van der Waals surface area contributed by atoms with Crippen molar-refractivity contribution in [2.75, 3.05) is 33.4 Å². The Morgan fingerprint density at radius 3 is 2.90 bits per heavy atom. The number of Topliss-reactive ketones (excluding diaryl/α,β-unsaturated/α-hetero) is 1. The Hall–Kier alpha value is -2.02. The van der Waals surface area contributed by atoms with Gasteiger partial charge in [-0.1, -0.05) is 12.1 Å². The minimum absolute atomic E-state index is 0.212. The number of piperidine rings is 1. The van der Waals surface area contributed by atoms with Crippen molar-refractivity contribution in [1.29, 1.82) is 0 Å². The Morgan fingerprint density at radius 2 is 2.13 bits per heavy atom. The van der Waals surface area contributed by atoms with Gasteiger partial charge in [0.2, 0.25) is 0 Å². The number of ketones is 1. The fraction of sp³-hybridized carbons (Fsp3) is 0.500. The van der Waals surface area contributed by atoms with Crippen molar-refractivity contribution in [2.45, 2.75) is 45.6 Å². The molecule has 0 radical (unpaired) electrons. The molecule has 5 nitrogen and oxygen atoms in total. The number of benzene rings is 1. The second-order valence-corrected chi connectivity index (χ2v) is 9.54. The van der Waals surface area contributed by atoms with Gasteiger partial charge in [0.1, 0.15) is 0 Å². The zero-order valence-electron chi connectivity index (χ0n) is 18.4. The number of hydrogen-bond acceptors (Lipinski definition) is 5.